The van der Waals surface area contributed by atoms with E-state index in [9.17, 15) is 13.2 Å². The Morgan fingerprint density at radius 3 is 2.67 bits per heavy atom. The van der Waals surface area contributed by atoms with Crippen LogP contribution in [0.4, 0.5) is 11.4 Å². The van der Waals surface area contributed by atoms with Gasteiger partial charge < -0.3 is 10.1 Å². The first-order valence-corrected chi connectivity index (χ1v) is 10.3. The van der Waals surface area contributed by atoms with Crippen molar-refractivity contribution < 1.29 is 17.9 Å². The van der Waals surface area contributed by atoms with Crippen molar-refractivity contribution in [3.05, 3.63) is 65.7 Å². The van der Waals surface area contributed by atoms with Crippen LogP contribution >= 0.6 is 0 Å². The molecular formula is C20H22N2O4S. The summed E-state index contributed by atoms with van der Waals surface area (Å²) in [5.74, 6) is -0.0452. The normalized spacial score (nSPS) is 16.0. The number of benzene rings is 2. The first kappa shape index (κ1) is 19.1. The number of sulfonamides is 1. The number of nitrogens with one attached hydrogen (secondary N) is 1. The molecule has 1 fully saturated rings. The highest BCUT2D eigenvalue weighted by molar-refractivity contribution is 7.93. The molecule has 1 heterocycles. The van der Waals surface area contributed by atoms with Crippen molar-refractivity contribution >= 4 is 33.4 Å². The zero-order chi connectivity index (χ0) is 19.3. The number of methoxy groups -OCH3 is 1. The van der Waals surface area contributed by atoms with Crippen molar-refractivity contribution in [1.29, 1.82) is 0 Å². The number of hydrogen-bond donors (Lipinski definition) is 1. The average molecular weight is 386 g/mol. The predicted octanol–water partition coefficient (Wildman–Crippen LogP) is 3.02. The molecule has 7 heteroatoms. The van der Waals surface area contributed by atoms with Crippen molar-refractivity contribution in [2.45, 2.75) is 13.0 Å². The predicted molar refractivity (Wildman–Crippen MR) is 107 cm³/mol. The quantitative estimate of drug-likeness (QED) is 0.775. The summed E-state index contributed by atoms with van der Waals surface area (Å²) in [7, 11) is -1.56. The highest BCUT2D eigenvalue weighted by Crippen LogP contribution is 2.24. The Labute approximate surface area is 159 Å². The molecule has 0 saturated carbocycles. The maximum absolute atomic E-state index is 12.1. The molecule has 0 aromatic heterocycles. The van der Waals surface area contributed by atoms with Crippen molar-refractivity contribution in [2.75, 3.05) is 29.0 Å². The van der Waals surface area contributed by atoms with Gasteiger partial charge in [-0.05, 0) is 47.9 Å². The van der Waals surface area contributed by atoms with E-state index >= 15 is 0 Å². The van der Waals surface area contributed by atoms with Gasteiger partial charge in [-0.1, -0.05) is 24.3 Å². The van der Waals surface area contributed by atoms with E-state index < -0.39 is 10.0 Å². The summed E-state index contributed by atoms with van der Waals surface area (Å²) in [5.41, 5.74) is 3.16. The molecule has 0 spiro atoms. The fourth-order valence-electron chi connectivity index (χ4n) is 2.94. The molecule has 0 bridgehead atoms. The second-order valence-corrected chi connectivity index (χ2v) is 8.30. The highest BCUT2D eigenvalue weighted by atomic mass is 32.2. The van der Waals surface area contributed by atoms with Crippen molar-refractivity contribution in [3.8, 4) is 0 Å². The molecular weight excluding hydrogens is 364 g/mol. The van der Waals surface area contributed by atoms with E-state index in [4.69, 9.17) is 4.74 Å². The lowest BCUT2D eigenvalue weighted by Gasteiger charge is -2.16. The summed E-state index contributed by atoms with van der Waals surface area (Å²) in [5, 5.41) is 2.81. The largest absolute Gasteiger partial charge is 0.380 e. The van der Waals surface area contributed by atoms with Gasteiger partial charge in [-0.15, -0.1) is 0 Å². The van der Waals surface area contributed by atoms with Gasteiger partial charge in [0.2, 0.25) is 15.9 Å². The third-order valence-corrected chi connectivity index (χ3v) is 6.08. The first-order chi connectivity index (χ1) is 13.0. The number of anilines is 2. The van der Waals surface area contributed by atoms with E-state index in [-0.39, 0.29) is 11.7 Å². The summed E-state index contributed by atoms with van der Waals surface area (Å²) in [6.45, 7) is 1.00. The summed E-state index contributed by atoms with van der Waals surface area (Å²) in [6.07, 6.45) is 3.79. The maximum Gasteiger partial charge on any atom is 0.248 e. The van der Waals surface area contributed by atoms with Crippen LogP contribution in [0.25, 0.3) is 6.08 Å². The molecule has 6 nitrogen and oxygen atoms in total. The van der Waals surface area contributed by atoms with Gasteiger partial charge in [-0.3, -0.25) is 9.10 Å². The Kier molecular flexibility index (Phi) is 5.93. The number of nitrogens with zero attached hydrogens (tertiary/aromatic N) is 1. The van der Waals surface area contributed by atoms with Gasteiger partial charge in [-0.2, -0.15) is 0 Å². The van der Waals surface area contributed by atoms with Gasteiger partial charge in [0.05, 0.1) is 18.0 Å². The van der Waals surface area contributed by atoms with Crippen LogP contribution in [0.5, 0.6) is 0 Å². The second-order valence-electron chi connectivity index (χ2n) is 6.29. The molecule has 142 valence electrons. The summed E-state index contributed by atoms with van der Waals surface area (Å²) < 4.78 is 30.4. The Bertz CT molecular complexity index is 937. The van der Waals surface area contributed by atoms with Gasteiger partial charge in [0.15, 0.2) is 0 Å². The fourth-order valence-corrected chi connectivity index (χ4v) is 4.51. The lowest BCUT2D eigenvalue weighted by atomic mass is 10.2. The molecule has 0 atom stereocenters. The molecule has 1 amide bonds. The molecule has 0 radical (unpaired) electrons. The lowest BCUT2D eigenvalue weighted by Crippen LogP contribution is -2.24. The van der Waals surface area contributed by atoms with E-state index in [1.165, 1.54) is 10.4 Å². The van der Waals surface area contributed by atoms with Crippen molar-refractivity contribution in [3.63, 3.8) is 0 Å². The summed E-state index contributed by atoms with van der Waals surface area (Å²) in [6, 6.07) is 14.6. The van der Waals surface area contributed by atoms with Crippen LogP contribution in [-0.4, -0.2) is 33.7 Å². The van der Waals surface area contributed by atoms with Crippen LogP contribution in [0.3, 0.4) is 0 Å². The molecule has 1 N–H and O–H groups in total. The Balaban J connectivity index is 1.62. The minimum Gasteiger partial charge on any atom is -0.380 e. The molecule has 27 heavy (non-hydrogen) atoms. The zero-order valence-corrected chi connectivity index (χ0v) is 15.9. The molecule has 0 aliphatic carbocycles. The van der Waals surface area contributed by atoms with Crippen LogP contribution in [-0.2, 0) is 26.2 Å². The van der Waals surface area contributed by atoms with Crippen LogP contribution in [0, 0.1) is 0 Å². The second kappa shape index (κ2) is 8.37. The standard InChI is InChI=1S/C20H22N2O4S/c1-26-15-17-4-2-5-18(14-17)21-20(23)11-8-16-6-9-19(10-7-16)22-12-3-13-27(22,24)25/h2,4-11,14H,3,12-13,15H2,1H3,(H,21,23)/b11-8+. The zero-order valence-electron chi connectivity index (χ0n) is 15.1. The lowest BCUT2D eigenvalue weighted by molar-refractivity contribution is -0.111. The van der Waals surface area contributed by atoms with Crippen LogP contribution in [0.1, 0.15) is 17.5 Å². The van der Waals surface area contributed by atoms with Gasteiger partial charge in [0.25, 0.3) is 0 Å². The summed E-state index contributed by atoms with van der Waals surface area (Å²) >= 11 is 0. The van der Waals surface area contributed by atoms with Crippen molar-refractivity contribution in [2.24, 2.45) is 0 Å². The Morgan fingerprint density at radius 2 is 2.00 bits per heavy atom. The van der Waals surface area contributed by atoms with Crippen LogP contribution in [0.15, 0.2) is 54.6 Å². The monoisotopic (exact) mass is 386 g/mol. The molecule has 0 unspecified atom stereocenters. The number of hydrogen-bond acceptors (Lipinski definition) is 4. The van der Waals surface area contributed by atoms with E-state index in [0.29, 0.717) is 30.9 Å². The van der Waals surface area contributed by atoms with Gasteiger partial charge in [0, 0.05) is 25.4 Å². The molecule has 2 aromatic carbocycles. The summed E-state index contributed by atoms with van der Waals surface area (Å²) in [4.78, 5) is 12.1. The fraction of sp³-hybridized carbons (Fsp3) is 0.250. The van der Waals surface area contributed by atoms with Gasteiger partial charge in [-0.25, -0.2) is 8.42 Å². The average Bonchev–Trinajstić information content (AvgIpc) is 3.00. The van der Waals surface area contributed by atoms with Gasteiger partial charge in [0.1, 0.15) is 0 Å². The van der Waals surface area contributed by atoms with E-state index in [0.717, 1.165) is 11.1 Å². The SMILES string of the molecule is COCc1cccc(NC(=O)/C=C/c2ccc(N3CCCS3(=O)=O)cc2)c1. The molecule has 1 saturated heterocycles. The first-order valence-electron chi connectivity index (χ1n) is 8.65. The van der Waals surface area contributed by atoms with Gasteiger partial charge >= 0.3 is 0 Å². The minimum atomic E-state index is -3.18. The topological polar surface area (TPSA) is 75.7 Å². The van der Waals surface area contributed by atoms with Crippen LogP contribution in [0.2, 0.25) is 0 Å². The Morgan fingerprint density at radius 1 is 1.22 bits per heavy atom. The molecule has 1 aliphatic heterocycles. The number of amides is 1. The highest BCUT2D eigenvalue weighted by Gasteiger charge is 2.28. The molecule has 2 aromatic rings. The van der Waals surface area contributed by atoms with E-state index in [1.54, 1.807) is 37.5 Å². The number of rotatable bonds is 6. The third kappa shape index (κ3) is 4.96. The smallest absolute Gasteiger partial charge is 0.248 e. The molecule has 3 rings (SSSR count). The number of carbonyl (C=O) groups is 1. The number of ether oxygens (including phenoxy) is 1. The van der Waals surface area contributed by atoms with Crippen LogP contribution < -0.4 is 9.62 Å². The number of carbonyl (C=O) groups excluding carboxylic acids is 1. The van der Waals surface area contributed by atoms with E-state index in [1.807, 2.05) is 24.3 Å². The van der Waals surface area contributed by atoms with Crippen molar-refractivity contribution in [1.82, 2.24) is 0 Å². The maximum atomic E-state index is 12.1. The van der Waals surface area contributed by atoms with E-state index in [2.05, 4.69) is 5.32 Å². The third-order valence-electron chi connectivity index (χ3n) is 4.21. The molecule has 1 aliphatic rings. The minimum absolute atomic E-state index is 0.195. The Hall–Kier alpha value is -2.64.